The van der Waals surface area contributed by atoms with Gasteiger partial charge >= 0.3 is 0 Å². The van der Waals surface area contributed by atoms with Crippen LogP contribution >= 0.6 is 0 Å². The summed E-state index contributed by atoms with van der Waals surface area (Å²) in [6, 6.07) is 13.4. The van der Waals surface area contributed by atoms with Crippen molar-refractivity contribution in [3.63, 3.8) is 0 Å². The molecule has 1 atom stereocenters. The number of aliphatic hydroxyl groups is 1. The minimum atomic E-state index is -3.91. The fourth-order valence-electron chi connectivity index (χ4n) is 3.08. The minimum absolute atomic E-state index is 0.0789. The van der Waals surface area contributed by atoms with Crippen LogP contribution in [0.15, 0.2) is 59.6 Å². The van der Waals surface area contributed by atoms with Crippen molar-refractivity contribution in [3.05, 3.63) is 77.1 Å². The van der Waals surface area contributed by atoms with Crippen LogP contribution in [0.2, 0.25) is 0 Å². The highest BCUT2D eigenvalue weighted by atomic mass is 32.2. The third-order valence-corrected chi connectivity index (χ3v) is 6.27. The highest BCUT2D eigenvalue weighted by Gasteiger charge is 2.22. The Balaban J connectivity index is 1.98. The molecule has 30 heavy (non-hydrogen) atoms. The molecular weight excluding hydrogens is 404 g/mol. The molecule has 8 heteroatoms. The predicted molar refractivity (Wildman–Crippen MR) is 115 cm³/mol. The Kier molecular flexibility index (Phi) is 6.28. The van der Waals surface area contributed by atoms with Crippen molar-refractivity contribution in [2.45, 2.75) is 24.8 Å². The van der Waals surface area contributed by atoms with Crippen LogP contribution in [-0.2, 0) is 10.0 Å². The fraction of sp³-hybridized carbons (Fsp3) is 0.227. The number of sulfonamides is 1. The maximum Gasteiger partial charge on any atom is 0.262 e. The van der Waals surface area contributed by atoms with Gasteiger partial charge in [0, 0.05) is 12.3 Å². The van der Waals surface area contributed by atoms with Gasteiger partial charge in [0.25, 0.3) is 10.0 Å². The van der Waals surface area contributed by atoms with Gasteiger partial charge in [-0.3, -0.25) is 9.71 Å². The second-order valence-corrected chi connectivity index (χ2v) is 8.46. The number of rotatable bonds is 7. The van der Waals surface area contributed by atoms with Crippen molar-refractivity contribution < 1.29 is 23.0 Å². The van der Waals surface area contributed by atoms with E-state index in [9.17, 15) is 13.5 Å². The lowest BCUT2D eigenvalue weighted by Gasteiger charge is -2.17. The van der Waals surface area contributed by atoms with E-state index in [0.717, 1.165) is 0 Å². The van der Waals surface area contributed by atoms with E-state index in [1.54, 1.807) is 62.5 Å². The van der Waals surface area contributed by atoms with Crippen molar-refractivity contribution in [1.82, 2.24) is 4.98 Å². The van der Waals surface area contributed by atoms with E-state index in [1.165, 1.54) is 20.3 Å². The number of anilines is 1. The molecule has 0 saturated carbocycles. The molecule has 2 N–H and O–H groups in total. The van der Waals surface area contributed by atoms with Crippen LogP contribution < -0.4 is 14.2 Å². The first-order valence-electron chi connectivity index (χ1n) is 9.22. The summed E-state index contributed by atoms with van der Waals surface area (Å²) in [5.41, 5.74) is 2.61. The molecule has 0 radical (unpaired) electrons. The van der Waals surface area contributed by atoms with Crippen LogP contribution in [0.1, 0.15) is 28.5 Å². The van der Waals surface area contributed by atoms with Crippen LogP contribution in [0.5, 0.6) is 11.5 Å². The van der Waals surface area contributed by atoms with Gasteiger partial charge < -0.3 is 14.6 Å². The number of ether oxygens (including phenoxy) is 2. The summed E-state index contributed by atoms with van der Waals surface area (Å²) >= 11 is 0. The van der Waals surface area contributed by atoms with Gasteiger partial charge in [-0.25, -0.2) is 8.42 Å². The molecule has 1 aromatic heterocycles. The SMILES string of the molecule is COc1cc(C)c(S(=O)(=O)Nc2cc([C@@H](O)c3ccccn3)ccc2C)cc1OC. The standard InChI is InChI=1S/C22H24N2O5S/c1-14-8-9-16(22(25)17-7-5-6-10-23-17)12-18(14)24-30(26,27)21-13-20(29-4)19(28-3)11-15(21)2/h5-13,22,24-25H,1-4H3/t22-/m1/s1. The van der Waals surface area contributed by atoms with Crippen molar-refractivity contribution in [2.75, 3.05) is 18.9 Å². The molecule has 0 aliphatic heterocycles. The first-order chi connectivity index (χ1) is 14.3. The molecule has 3 rings (SSSR count). The third kappa shape index (κ3) is 4.39. The lowest BCUT2D eigenvalue weighted by atomic mass is 10.0. The molecule has 7 nitrogen and oxygen atoms in total. The van der Waals surface area contributed by atoms with Crippen molar-refractivity contribution >= 4 is 15.7 Å². The van der Waals surface area contributed by atoms with Gasteiger partial charge in [-0.15, -0.1) is 0 Å². The van der Waals surface area contributed by atoms with Crippen LogP contribution in [0.4, 0.5) is 5.69 Å². The highest BCUT2D eigenvalue weighted by Crippen LogP contribution is 2.34. The summed E-state index contributed by atoms with van der Waals surface area (Å²) in [6.45, 7) is 3.47. The zero-order chi connectivity index (χ0) is 21.9. The first-order valence-corrected chi connectivity index (χ1v) is 10.7. The molecule has 0 fully saturated rings. The van der Waals surface area contributed by atoms with Gasteiger partial charge in [0.1, 0.15) is 6.10 Å². The van der Waals surface area contributed by atoms with E-state index in [0.29, 0.717) is 39.6 Å². The molecule has 158 valence electrons. The van der Waals surface area contributed by atoms with Crippen molar-refractivity contribution in [2.24, 2.45) is 0 Å². The molecule has 2 aromatic carbocycles. The minimum Gasteiger partial charge on any atom is -0.493 e. The summed E-state index contributed by atoms with van der Waals surface area (Å²) in [5, 5.41) is 10.6. The van der Waals surface area contributed by atoms with Gasteiger partial charge in [0.05, 0.1) is 30.5 Å². The molecule has 0 bridgehead atoms. The number of pyridine rings is 1. The second kappa shape index (κ2) is 8.73. The average Bonchev–Trinajstić information content (AvgIpc) is 2.74. The largest absolute Gasteiger partial charge is 0.493 e. The van der Waals surface area contributed by atoms with Crippen LogP contribution in [0.3, 0.4) is 0 Å². The summed E-state index contributed by atoms with van der Waals surface area (Å²) in [5.74, 6) is 0.769. The number of hydrogen-bond donors (Lipinski definition) is 2. The molecule has 0 aliphatic rings. The lowest BCUT2D eigenvalue weighted by Crippen LogP contribution is -2.16. The zero-order valence-electron chi connectivity index (χ0n) is 17.2. The van der Waals surface area contributed by atoms with E-state index in [1.807, 2.05) is 0 Å². The number of nitrogens with one attached hydrogen (secondary N) is 1. The highest BCUT2D eigenvalue weighted by molar-refractivity contribution is 7.92. The molecule has 0 spiro atoms. The first kappa shape index (κ1) is 21.6. The number of benzene rings is 2. The Morgan fingerprint density at radius 1 is 0.967 bits per heavy atom. The monoisotopic (exact) mass is 428 g/mol. The Hall–Kier alpha value is -3.10. The maximum absolute atomic E-state index is 13.1. The quantitative estimate of drug-likeness (QED) is 0.597. The van der Waals surface area contributed by atoms with Crippen LogP contribution in [0, 0.1) is 13.8 Å². The molecular formula is C22H24N2O5S. The summed E-state index contributed by atoms with van der Waals surface area (Å²) < 4.78 is 39.3. The van der Waals surface area contributed by atoms with Gasteiger partial charge in [0.2, 0.25) is 0 Å². The smallest absolute Gasteiger partial charge is 0.262 e. The number of aromatic nitrogens is 1. The van der Waals surface area contributed by atoms with Crippen LogP contribution in [-0.4, -0.2) is 32.7 Å². The second-order valence-electron chi connectivity index (χ2n) is 6.81. The Morgan fingerprint density at radius 2 is 1.67 bits per heavy atom. The van der Waals surface area contributed by atoms with Crippen molar-refractivity contribution in [1.29, 1.82) is 0 Å². The normalized spacial score (nSPS) is 12.3. The van der Waals surface area contributed by atoms with Gasteiger partial charge in [-0.1, -0.05) is 18.2 Å². The maximum atomic E-state index is 13.1. The number of nitrogens with zero attached hydrogens (tertiary/aromatic N) is 1. The van der Waals surface area contributed by atoms with Gasteiger partial charge in [-0.2, -0.15) is 0 Å². The van der Waals surface area contributed by atoms with E-state index in [2.05, 4.69) is 9.71 Å². The summed E-state index contributed by atoms with van der Waals surface area (Å²) in [4.78, 5) is 4.24. The van der Waals surface area contributed by atoms with Gasteiger partial charge in [0.15, 0.2) is 11.5 Å². The predicted octanol–water partition coefficient (Wildman–Crippen LogP) is 3.60. The van der Waals surface area contributed by atoms with E-state index in [4.69, 9.17) is 9.47 Å². The topological polar surface area (TPSA) is 97.8 Å². The fourth-order valence-corrected chi connectivity index (χ4v) is 4.44. The third-order valence-electron chi connectivity index (χ3n) is 4.76. The van der Waals surface area contributed by atoms with Gasteiger partial charge in [-0.05, 0) is 54.8 Å². The van der Waals surface area contributed by atoms with E-state index >= 15 is 0 Å². The zero-order valence-corrected chi connectivity index (χ0v) is 18.0. The molecule has 3 aromatic rings. The Morgan fingerprint density at radius 3 is 2.30 bits per heavy atom. The summed E-state index contributed by atoms with van der Waals surface area (Å²) in [7, 11) is -0.974. The molecule has 0 saturated heterocycles. The average molecular weight is 429 g/mol. The number of hydrogen-bond acceptors (Lipinski definition) is 6. The van der Waals surface area contributed by atoms with Crippen molar-refractivity contribution in [3.8, 4) is 11.5 Å². The van der Waals surface area contributed by atoms with Crippen LogP contribution in [0.25, 0.3) is 0 Å². The molecule has 0 aliphatic carbocycles. The number of aliphatic hydroxyl groups excluding tert-OH is 1. The van der Waals surface area contributed by atoms with E-state index < -0.39 is 16.1 Å². The Labute approximate surface area is 176 Å². The summed E-state index contributed by atoms with van der Waals surface area (Å²) in [6.07, 6.45) is 0.619. The number of aryl methyl sites for hydroxylation is 2. The Bertz CT molecular complexity index is 1150. The lowest BCUT2D eigenvalue weighted by molar-refractivity contribution is 0.215. The molecule has 0 amide bonds. The number of methoxy groups -OCH3 is 2. The molecule has 0 unspecified atom stereocenters. The van der Waals surface area contributed by atoms with E-state index in [-0.39, 0.29) is 4.90 Å². The molecule has 1 heterocycles.